The van der Waals surface area contributed by atoms with Crippen LogP contribution in [0.25, 0.3) is 21.9 Å². The smallest absolute Gasteiger partial charge is 0.200 e. The minimum atomic E-state index is -0.275. The summed E-state index contributed by atoms with van der Waals surface area (Å²) in [5, 5.41) is 19.7. The zero-order chi connectivity index (χ0) is 23.5. The van der Waals surface area contributed by atoms with Crippen LogP contribution in [0.3, 0.4) is 0 Å². The fourth-order valence-corrected chi connectivity index (χ4v) is 3.54. The van der Waals surface area contributed by atoms with Gasteiger partial charge in [-0.25, -0.2) is 0 Å². The molecule has 0 saturated heterocycles. The maximum atomic E-state index is 13.2. The quantitative estimate of drug-likeness (QED) is 0.394. The van der Waals surface area contributed by atoms with Gasteiger partial charge in [-0.1, -0.05) is 0 Å². The molecular formula is C25H26N2O6. The topological polar surface area (TPSA) is 105 Å². The Labute approximate surface area is 190 Å². The molecule has 0 spiro atoms. The van der Waals surface area contributed by atoms with E-state index in [1.54, 1.807) is 30.3 Å². The molecule has 0 fully saturated rings. The van der Waals surface area contributed by atoms with E-state index in [1.165, 1.54) is 6.20 Å². The molecule has 0 unspecified atom stereocenters. The maximum Gasteiger partial charge on any atom is 0.200 e. The molecule has 0 amide bonds. The third-order valence-corrected chi connectivity index (χ3v) is 5.24. The van der Waals surface area contributed by atoms with Gasteiger partial charge in [-0.2, -0.15) is 0 Å². The number of benzene rings is 2. The number of likely N-dealkylation sites (N-methyl/N-ethyl adjacent to an activating group) is 1. The summed E-state index contributed by atoms with van der Waals surface area (Å²) in [7, 11) is 3.92. The van der Waals surface area contributed by atoms with Gasteiger partial charge in [-0.3, -0.25) is 9.78 Å². The van der Waals surface area contributed by atoms with Crippen molar-refractivity contribution in [3.63, 3.8) is 0 Å². The first-order valence-corrected chi connectivity index (χ1v) is 10.6. The summed E-state index contributed by atoms with van der Waals surface area (Å²) in [5.41, 5.74) is 2.39. The molecule has 0 atom stereocenters. The number of hydrogen-bond donors (Lipinski definition) is 2. The average Bonchev–Trinajstić information content (AvgIpc) is 2.79. The molecule has 2 aromatic carbocycles. The third-order valence-electron chi connectivity index (χ3n) is 5.24. The summed E-state index contributed by atoms with van der Waals surface area (Å²) in [6.07, 6.45) is 1.46. The van der Waals surface area contributed by atoms with Gasteiger partial charge in [0.15, 0.2) is 11.3 Å². The standard InChI is InChI=1S/C25H26N2O6/c1-15-8-20-24(30)19-5-4-17(32-18-10-16(13-28)21(14-29)26-12-18)11-22(19)33-25(20)23(9-15)31-7-6-27(2)3/h4-5,8-12,28-29H,6-7,13-14H2,1-3H3. The molecular weight excluding hydrogens is 424 g/mol. The highest BCUT2D eigenvalue weighted by Gasteiger charge is 2.15. The van der Waals surface area contributed by atoms with Crippen LogP contribution < -0.4 is 14.9 Å². The third kappa shape index (κ3) is 4.83. The fraction of sp³-hybridized carbons (Fsp3) is 0.280. The van der Waals surface area contributed by atoms with Crippen LogP contribution in [0.5, 0.6) is 17.2 Å². The lowest BCUT2D eigenvalue weighted by atomic mass is 10.1. The lowest BCUT2D eigenvalue weighted by Crippen LogP contribution is -2.19. The van der Waals surface area contributed by atoms with Crippen LogP contribution in [-0.2, 0) is 13.2 Å². The zero-order valence-corrected chi connectivity index (χ0v) is 18.8. The predicted molar refractivity (Wildman–Crippen MR) is 125 cm³/mol. The molecule has 172 valence electrons. The summed E-state index contributed by atoms with van der Waals surface area (Å²) in [6, 6.07) is 10.2. The zero-order valence-electron chi connectivity index (χ0n) is 18.8. The lowest BCUT2D eigenvalue weighted by molar-refractivity contribution is 0.255. The minimum Gasteiger partial charge on any atom is -0.488 e. The minimum absolute atomic E-state index is 0.143. The summed E-state index contributed by atoms with van der Waals surface area (Å²) >= 11 is 0. The number of aliphatic hydroxyl groups excluding tert-OH is 2. The molecule has 0 bridgehead atoms. The number of ether oxygens (including phenoxy) is 2. The van der Waals surface area contributed by atoms with Gasteiger partial charge in [-0.05, 0) is 56.9 Å². The lowest BCUT2D eigenvalue weighted by Gasteiger charge is -2.13. The molecule has 0 aliphatic carbocycles. The summed E-state index contributed by atoms with van der Waals surface area (Å²) in [4.78, 5) is 19.3. The second-order valence-electron chi connectivity index (χ2n) is 8.08. The maximum absolute atomic E-state index is 13.2. The van der Waals surface area contributed by atoms with E-state index in [-0.39, 0.29) is 18.6 Å². The van der Waals surface area contributed by atoms with Crippen molar-refractivity contribution in [2.75, 3.05) is 27.2 Å². The highest BCUT2D eigenvalue weighted by Crippen LogP contribution is 2.31. The predicted octanol–water partition coefficient (Wildman–Crippen LogP) is 3.37. The van der Waals surface area contributed by atoms with Crippen molar-refractivity contribution >= 4 is 21.9 Å². The van der Waals surface area contributed by atoms with Gasteiger partial charge in [0.2, 0.25) is 5.43 Å². The number of hydrogen-bond acceptors (Lipinski definition) is 8. The molecule has 8 nitrogen and oxygen atoms in total. The summed E-state index contributed by atoms with van der Waals surface area (Å²) in [6.45, 7) is 2.55. The Hall–Kier alpha value is -3.46. The fourth-order valence-electron chi connectivity index (χ4n) is 3.54. The first-order chi connectivity index (χ1) is 15.9. The van der Waals surface area contributed by atoms with Crippen LogP contribution in [-0.4, -0.2) is 47.3 Å². The van der Waals surface area contributed by atoms with Gasteiger partial charge in [0.05, 0.1) is 35.9 Å². The van der Waals surface area contributed by atoms with E-state index in [2.05, 4.69) is 4.98 Å². The number of nitrogens with zero attached hydrogens (tertiary/aromatic N) is 2. The second kappa shape index (κ2) is 9.58. The molecule has 8 heteroatoms. The van der Waals surface area contributed by atoms with Crippen molar-refractivity contribution in [1.82, 2.24) is 9.88 Å². The number of pyridine rings is 1. The number of rotatable bonds is 8. The van der Waals surface area contributed by atoms with E-state index in [4.69, 9.17) is 13.9 Å². The normalized spacial score (nSPS) is 11.5. The summed E-state index contributed by atoms with van der Waals surface area (Å²) < 4.78 is 17.9. The van der Waals surface area contributed by atoms with E-state index in [0.717, 1.165) is 12.1 Å². The van der Waals surface area contributed by atoms with Gasteiger partial charge in [-0.15, -0.1) is 0 Å². The van der Waals surface area contributed by atoms with E-state index in [9.17, 15) is 15.0 Å². The largest absolute Gasteiger partial charge is 0.488 e. The van der Waals surface area contributed by atoms with Crippen molar-refractivity contribution in [1.29, 1.82) is 0 Å². The number of fused-ring (bicyclic) bond motifs is 2. The number of aryl methyl sites for hydroxylation is 1. The Balaban J connectivity index is 1.74. The van der Waals surface area contributed by atoms with Crippen molar-refractivity contribution in [2.45, 2.75) is 20.1 Å². The van der Waals surface area contributed by atoms with Crippen LogP contribution in [0.4, 0.5) is 0 Å². The second-order valence-corrected chi connectivity index (χ2v) is 8.08. The molecule has 0 saturated carbocycles. The van der Waals surface area contributed by atoms with Crippen LogP contribution in [0.15, 0.2) is 51.8 Å². The van der Waals surface area contributed by atoms with Crippen LogP contribution in [0.1, 0.15) is 16.8 Å². The van der Waals surface area contributed by atoms with E-state index in [0.29, 0.717) is 57.1 Å². The Morgan fingerprint density at radius 1 is 1.03 bits per heavy atom. The van der Waals surface area contributed by atoms with Crippen LogP contribution in [0.2, 0.25) is 0 Å². The molecule has 2 aromatic heterocycles. The first-order valence-electron chi connectivity index (χ1n) is 10.6. The van der Waals surface area contributed by atoms with E-state index >= 15 is 0 Å². The Bertz CT molecular complexity index is 1360. The molecule has 2 N–H and O–H groups in total. The SMILES string of the molecule is Cc1cc(OCCN(C)C)c2oc3cc(Oc4cnc(CO)c(CO)c4)ccc3c(=O)c2c1. The molecule has 2 heterocycles. The van der Waals surface area contributed by atoms with E-state index in [1.807, 2.05) is 32.0 Å². The van der Waals surface area contributed by atoms with Crippen LogP contribution in [0, 0.1) is 6.92 Å². The highest BCUT2D eigenvalue weighted by atomic mass is 16.5. The molecule has 4 aromatic rings. The summed E-state index contributed by atoms with van der Waals surface area (Å²) in [5.74, 6) is 1.35. The Morgan fingerprint density at radius 2 is 1.85 bits per heavy atom. The van der Waals surface area contributed by atoms with Gasteiger partial charge < -0.3 is 29.0 Å². The molecule has 33 heavy (non-hydrogen) atoms. The molecule has 4 rings (SSSR count). The average molecular weight is 450 g/mol. The van der Waals surface area contributed by atoms with Crippen molar-refractivity contribution in [3.05, 3.63) is 69.6 Å². The van der Waals surface area contributed by atoms with Crippen molar-refractivity contribution in [3.8, 4) is 17.2 Å². The Morgan fingerprint density at radius 3 is 2.58 bits per heavy atom. The van der Waals surface area contributed by atoms with Gasteiger partial charge in [0.1, 0.15) is 23.7 Å². The first kappa shape index (κ1) is 22.7. The van der Waals surface area contributed by atoms with E-state index < -0.39 is 0 Å². The van der Waals surface area contributed by atoms with Gasteiger partial charge in [0.25, 0.3) is 0 Å². The monoisotopic (exact) mass is 450 g/mol. The van der Waals surface area contributed by atoms with Gasteiger partial charge >= 0.3 is 0 Å². The molecule has 0 aliphatic heterocycles. The van der Waals surface area contributed by atoms with Crippen molar-refractivity contribution in [2.24, 2.45) is 0 Å². The number of aromatic nitrogens is 1. The Kier molecular flexibility index (Phi) is 6.60. The molecule has 0 radical (unpaired) electrons. The van der Waals surface area contributed by atoms with Crippen molar-refractivity contribution < 1.29 is 24.1 Å². The highest BCUT2D eigenvalue weighted by molar-refractivity contribution is 5.93. The molecule has 0 aliphatic rings. The van der Waals surface area contributed by atoms with Gasteiger partial charge in [0, 0.05) is 18.2 Å². The number of aliphatic hydroxyl groups is 2. The van der Waals surface area contributed by atoms with Crippen LogP contribution >= 0.6 is 0 Å².